The number of nitrogens with one attached hydrogen (secondary N) is 2. The van der Waals surface area contributed by atoms with Crippen molar-refractivity contribution in [3.8, 4) is 0 Å². The highest BCUT2D eigenvalue weighted by molar-refractivity contribution is 6.34. The second kappa shape index (κ2) is 8.26. The number of benzene rings is 1. The second-order valence-electron chi connectivity index (χ2n) is 4.23. The third-order valence-corrected chi connectivity index (χ3v) is 2.74. The lowest BCUT2D eigenvalue weighted by Crippen LogP contribution is -2.14. The van der Waals surface area contributed by atoms with Crippen LogP contribution in [0.25, 0.3) is 0 Å². The molecule has 2 N–H and O–H groups in total. The fourth-order valence-electron chi connectivity index (χ4n) is 1.56. The Bertz CT molecular complexity index is 546. The Labute approximate surface area is 127 Å². The van der Waals surface area contributed by atoms with E-state index in [4.69, 9.17) is 16.3 Å². The van der Waals surface area contributed by atoms with Gasteiger partial charge in [-0.1, -0.05) is 11.6 Å². The first-order valence-electron chi connectivity index (χ1n) is 6.45. The highest BCUT2D eigenvalue weighted by Gasteiger charge is 2.09. The first-order valence-corrected chi connectivity index (χ1v) is 6.82. The van der Waals surface area contributed by atoms with Crippen LogP contribution in [0.3, 0.4) is 0 Å². The molecular weight excluding hydrogens is 296 g/mol. The number of carbonyl (C=O) groups is 3. The van der Waals surface area contributed by atoms with Crippen LogP contribution in [0.5, 0.6) is 0 Å². The summed E-state index contributed by atoms with van der Waals surface area (Å²) in [5, 5.41) is 5.49. The maximum atomic E-state index is 11.7. The summed E-state index contributed by atoms with van der Waals surface area (Å²) in [5.41, 5.74) is 0.955. The summed E-state index contributed by atoms with van der Waals surface area (Å²) in [7, 11) is 0. The molecule has 2 amide bonds. The van der Waals surface area contributed by atoms with Crippen LogP contribution in [0.4, 0.5) is 11.4 Å². The number of hydrogen-bond acceptors (Lipinski definition) is 4. The molecule has 0 atom stereocenters. The fraction of sp³-hybridized carbons (Fsp3) is 0.357. The molecule has 0 radical (unpaired) electrons. The van der Waals surface area contributed by atoms with Gasteiger partial charge in [0, 0.05) is 19.0 Å². The van der Waals surface area contributed by atoms with Gasteiger partial charge in [-0.15, -0.1) is 0 Å². The fourth-order valence-corrected chi connectivity index (χ4v) is 1.78. The van der Waals surface area contributed by atoms with Gasteiger partial charge in [-0.2, -0.15) is 0 Å². The molecule has 0 aliphatic heterocycles. The zero-order chi connectivity index (χ0) is 15.8. The maximum absolute atomic E-state index is 11.7. The SMILES string of the molecule is CCOC(=O)CCC(=O)Nc1ccc(NC(C)=O)c(Cl)c1. The van der Waals surface area contributed by atoms with E-state index in [0.717, 1.165) is 0 Å². The van der Waals surface area contributed by atoms with Crippen molar-refractivity contribution in [2.24, 2.45) is 0 Å². The van der Waals surface area contributed by atoms with E-state index >= 15 is 0 Å². The summed E-state index contributed by atoms with van der Waals surface area (Å²) < 4.78 is 4.73. The highest BCUT2D eigenvalue weighted by Crippen LogP contribution is 2.25. The van der Waals surface area contributed by atoms with Crippen LogP contribution in [-0.2, 0) is 19.1 Å². The van der Waals surface area contributed by atoms with E-state index < -0.39 is 5.97 Å². The third kappa shape index (κ3) is 6.27. The van der Waals surface area contributed by atoms with Crippen LogP contribution in [-0.4, -0.2) is 24.4 Å². The molecule has 0 saturated heterocycles. The van der Waals surface area contributed by atoms with E-state index in [9.17, 15) is 14.4 Å². The van der Waals surface area contributed by atoms with Crippen LogP contribution >= 0.6 is 11.6 Å². The summed E-state index contributed by atoms with van der Waals surface area (Å²) in [5.74, 6) is -0.957. The van der Waals surface area contributed by atoms with Gasteiger partial charge in [0.2, 0.25) is 11.8 Å². The van der Waals surface area contributed by atoms with Crippen molar-refractivity contribution in [1.29, 1.82) is 0 Å². The van der Waals surface area contributed by atoms with Gasteiger partial charge in [-0.3, -0.25) is 14.4 Å². The Hall–Kier alpha value is -2.08. The molecule has 6 nitrogen and oxygen atoms in total. The van der Waals surface area contributed by atoms with E-state index in [1.54, 1.807) is 19.1 Å². The van der Waals surface area contributed by atoms with Gasteiger partial charge in [0.25, 0.3) is 0 Å². The van der Waals surface area contributed by atoms with Crippen LogP contribution in [0.1, 0.15) is 26.7 Å². The first-order chi connectivity index (χ1) is 9.92. The average molecular weight is 313 g/mol. The zero-order valence-corrected chi connectivity index (χ0v) is 12.6. The number of esters is 1. The minimum Gasteiger partial charge on any atom is -0.466 e. The zero-order valence-electron chi connectivity index (χ0n) is 11.9. The molecule has 0 unspecified atom stereocenters. The quantitative estimate of drug-likeness (QED) is 0.791. The van der Waals surface area contributed by atoms with E-state index in [2.05, 4.69) is 10.6 Å². The monoisotopic (exact) mass is 312 g/mol. The molecule has 0 aliphatic carbocycles. The molecule has 1 aromatic carbocycles. The van der Waals surface area contributed by atoms with Crippen LogP contribution in [0.2, 0.25) is 5.02 Å². The number of hydrogen-bond donors (Lipinski definition) is 2. The van der Waals surface area contributed by atoms with Gasteiger partial charge in [0.05, 0.1) is 23.7 Å². The van der Waals surface area contributed by atoms with Crippen molar-refractivity contribution < 1.29 is 19.1 Å². The first kappa shape index (κ1) is 17.0. The molecule has 0 aliphatic rings. The Morgan fingerprint density at radius 1 is 1.19 bits per heavy atom. The van der Waals surface area contributed by atoms with Crippen molar-refractivity contribution in [1.82, 2.24) is 0 Å². The summed E-state index contributed by atoms with van der Waals surface area (Å²) in [4.78, 5) is 33.7. The molecule has 0 fully saturated rings. The van der Waals surface area contributed by atoms with Crippen LogP contribution < -0.4 is 10.6 Å². The number of amides is 2. The molecule has 1 rings (SSSR count). The predicted molar refractivity (Wildman–Crippen MR) is 80.3 cm³/mol. The van der Waals surface area contributed by atoms with Crippen LogP contribution in [0, 0.1) is 0 Å². The summed E-state index contributed by atoms with van der Waals surface area (Å²) in [6.07, 6.45) is 0.0568. The predicted octanol–water partition coefficient (Wildman–Crippen LogP) is 2.58. The number of rotatable bonds is 6. The maximum Gasteiger partial charge on any atom is 0.306 e. The molecule has 0 aromatic heterocycles. The summed E-state index contributed by atoms with van der Waals surface area (Å²) in [6, 6.07) is 4.72. The molecule has 7 heteroatoms. The number of ether oxygens (including phenoxy) is 1. The van der Waals surface area contributed by atoms with Gasteiger partial charge in [-0.25, -0.2) is 0 Å². The molecule has 0 bridgehead atoms. The van der Waals surface area contributed by atoms with Crippen molar-refractivity contribution in [2.75, 3.05) is 17.2 Å². The standard InChI is InChI=1S/C14H17ClN2O4/c1-3-21-14(20)7-6-13(19)17-10-4-5-12(11(15)8-10)16-9(2)18/h4-5,8H,3,6-7H2,1-2H3,(H,16,18)(H,17,19). The Kier molecular flexibility index (Phi) is 6.68. The Morgan fingerprint density at radius 2 is 1.90 bits per heavy atom. The molecule has 21 heavy (non-hydrogen) atoms. The number of carbonyl (C=O) groups excluding carboxylic acids is 3. The molecule has 1 aromatic rings. The molecule has 0 heterocycles. The Balaban J connectivity index is 2.55. The van der Waals surface area contributed by atoms with Crippen molar-refractivity contribution in [3.63, 3.8) is 0 Å². The normalized spacial score (nSPS) is 9.86. The van der Waals surface area contributed by atoms with E-state index in [0.29, 0.717) is 23.0 Å². The van der Waals surface area contributed by atoms with Crippen molar-refractivity contribution in [2.45, 2.75) is 26.7 Å². The van der Waals surface area contributed by atoms with E-state index in [-0.39, 0.29) is 24.7 Å². The molecule has 0 saturated carbocycles. The number of halogens is 1. The Morgan fingerprint density at radius 3 is 2.48 bits per heavy atom. The highest BCUT2D eigenvalue weighted by atomic mass is 35.5. The summed E-state index contributed by atoms with van der Waals surface area (Å²) in [6.45, 7) is 3.37. The summed E-state index contributed by atoms with van der Waals surface area (Å²) >= 11 is 5.99. The van der Waals surface area contributed by atoms with E-state index in [1.165, 1.54) is 13.0 Å². The lowest BCUT2D eigenvalue weighted by atomic mass is 10.2. The van der Waals surface area contributed by atoms with Gasteiger partial charge >= 0.3 is 5.97 Å². The largest absolute Gasteiger partial charge is 0.466 e. The second-order valence-corrected chi connectivity index (χ2v) is 4.64. The van der Waals surface area contributed by atoms with Crippen molar-refractivity contribution in [3.05, 3.63) is 23.2 Å². The van der Waals surface area contributed by atoms with Crippen molar-refractivity contribution >= 4 is 40.8 Å². The lowest BCUT2D eigenvalue weighted by Gasteiger charge is -2.09. The van der Waals surface area contributed by atoms with Gasteiger partial charge in [0.1, 0.15) is 0 Å². The average Bonchev–Trinajstić information content (AvgIpc) is 2.39. The minimum atomic E-state index is -0.410. The van der Waals surface area contributed by atoms with Gasteiger partial charge in [0.15, 0.2) is 0 Å². The smallest absolute Gasteiger partial charge is 0.306 e. The minimum absolute atomic E-state index is 0.0252. The van der Waals surface area contributed by atoms with E-state index in [1.807, 2.05) is 0 Å². The lowest BCUT2D eigenvalue weighted by molar-refractivity contribution is -0.144. The topological polar surface area (TPSA) is 84.5 Å². The number of anilines is 2. The van der Waals surface area contributed by atoms with Gasteiger partial charge in [-0.05, 0) is 25.1 Å². The van der Waals surface area contributed by atoms with Gasteiger partial charge < -0.3 is 15.4 Å². The van der Waals surface area contributed by atoms with Crippen LogP contribution in [0.15, 0.2) is 18.2 Å². The molecule has 0 spiro atoms. The third-order valence-electron chi connectivity index (χ3n) is 2.43. The molecule has 114 valence electrons. The molecular formula is C14H17ClN2O4.